The normalized spacial score (nSPS) is 11.1. The number of ether oxygens (including phenoxy) is 2. The van der Waals surface area contributed by atoms with E-state index in [1.807, 2.05) is 44.2 Å². The molecule has 106 valence electrons. The Kier molecular flexibility index (Phi) is 12.0. The van der Waals surface area contributed by atoms with E-state index < -0.39 is 0 Å². The lowest BCUT2D eigenvalue weighted by Crippen LogP contribution is -2.20. The fourth-order valence-electron chi connectivity index (χ4n) is 1.43. The standard InChI is InChI=1S/C14H18O3.C2H6/c1-2-6-14(17-10-9-15)12-16-11-13-7-4-3-5-8-13;1-2/h2-5,7-9,14H,1,6,10-12H2;1-2H3/t14-;/m1./s1. The maximum absolute atomic E-state index is 10.2. The van der Waals surface area contributed by atoms with E-state index in [4.69, 9.17) is 9.47 Å². The Morgan fingerprint density at radius 1 is 1.26 bits per heavy atom. The topological polar surface area (TPSA) is 35.5 Å². The molecule has 0 bridgehead atoms. The third-order valence-electron chi connectivity index (χ3n) is 2.24. The van der Waals surface area contributed by atoms with E-state index in [1.165, 1.54) is 0 Å². The van der Waals surface area contributed by atoms with Gasteiger partial charge in [-0.05, 0) is 12.0 Å². The molecular weight excluding hydrogens is 240 g/mol. The van der Waals surface area contributed by atoms with Gasteiger partial charge in [-0.3, -0.25) is 0 Å². The van der Waals surface area contributed by atoms with E-state index >= 15 is 0 Å². The van der Waals surface area contributed by atoms with Gasteiger partial charge >= 0.3 is 0 Å². The van der Waals surface area contributed by atoms with Crippen molar-refractivity contribution in [2.75, 3.05) is 13.2 Å². The van der Waals surface area contributed by atoms with E-state index in [0.717, 1.165) is 11.8 Å². The van der Waals surface area contributed by atoms with Gasteiger partial charge in [0.1, 0.15) is 12.9 Å². The molecule has 19 heavy (non-hydrogen) atoms. The fourth-order valence-corrected chi connectivity index (χ4v) is 1.43. The third kappa shape index (κ3) is 9.17. The molecule has 0 spiro atoms. The second-order valence-electron chi connectivity index (χ2n) is 3.65. The molecule has 0 saturated heterocycles. The van der Waals surface area contributed by atoms with Crippen LogP contribution in [0.5, 0.6) is 0 Å². The van der Waals surface area contributed by atoms with Crippen molar-refractivity contribution in [3.63, 3.8) is 0 Å². The van der Waals surface area contributed by atoms with Gasteiger partial charge in [0.2, 0.25) is 0 Å². The van der Waals surface area contributed by atoms with Crippen molar-refractivity contribution in [1.29, 1.82) is 0 Å². The molecule has 0 fully saturated rings. The molecule has 1 aromatic carbocycles. The lowest BCUT2D eigenvalue weighted by Gasteiger charge is -2.14. The molecule has 1 atom stereocenters. The van der Waals surface area contributed by atoms with Crippen LogP contribution in [0.1, 0.15) is 25.8 Å². The van der Waals surface area contributed by atoms with Crippen LogP contribution in [0.15, 0.2) is 43.0 Å². The zero-order valence-corrected chi connectivity index (χ0v) is 11.9. The number of aldehydes is 1. The van der Waals surface area contributed by atoms with Gasteiger partial charge in [-0.2, -0.15) is 0 Å². The number of hydrogen-bond acceptors (Lipinski definition) is 3. The van der Waals surface area contributed by atoms with Crippen molar-refractivity contribution in [1.82, 2.24) is 0 Å². The molecule has 0 radical (unpaired) electrons. The van der Waals surface area contributed by atoms with Crippen LogP contribution >= 0.6 is 0 Å². The molecule has 0 aliphatic rings. The minimum absolute atomic E-state index is 0.0959. The average Bonchev–Trinajstić information content (AvgIpc) is 2.48. The van der Waals surface area contributed by atoms with E-state index in [9.17, 15) is 4.79 Å². The summed E-state index contributed by atoms with van der Waals surface area (Å²) in [6, 6.07) is 9.94. The van der Waals surface area contributed by atoms with Crippen molar-refractivity contribution in [3.8, 4) is 0 Å². The summed E-state index contributed by atoms with van der Waals surface area (Å²) in [5, 5.41) is 0. The molecule has 0 aliphatic carbocycles. The summed E-state index contributed by atoms with van der Waals surface area (Å²) in [5.41, 5.74) is 1.13. The predicted molar refractivity (Wildman–Crippen MR) is 78.1 cm³/mol. The quantitative estimate of drug-likeness (QED) is 0.506. The summed E-state index contributed by atoms with van der Waals surface area (Å²) >= 11 is 0. The number of hydrogen-bond donors (Lipinski definition) is 0. The number of carbonyl (C=O) groups is 1. The molecule has 0 amide bonds. The largest absolute Gasteiger partial charge is 0.374 e. The Morgan fingerprint density at radius 2 is 1.95 bits per heavy atom. The van der Waals surface area contributed by atoms with Crippen LogP contribution in [-0.4, -0.2) is 25.6 Å². The molecule has 0 unspecified atom stereocenters. The van der Waals surface area contributed by atoms with E-state index in [2.05, 4.69) is 6.58 Å². The molecule has 0 aliphatic heterocycles. The first-order valence-corrected chi connectivity index (χ1v) is 6.64. The first-order valence-electron chi connectivity index (χ1n) is 6.64. The fraction of sp³-hybridized carbons (Fsp3) is 0.438. The highest BCUT2D eigenvalue weighted by molar-refractivity contribution is 5.50. The molecule has 0 aromatic heterocycles. The SMILES string of the molecule is C=CC[C@H](COCc1ccccc1)OCC=O.CC. The van der Waals surface area contributed by atoms with Gasteiger partial charge in [-0.25, -0.2) is 0 Å². The van der Waals surface area contributed by atoms with Crippen molar-refractivity contribution in [3.05, 3.63) is 48.6 Å². The van der Waals surface area contributed by atoms with Crippen molar-refractivity contribution in [2.24, 2.45) is 0 Å². The molecule has 3 nitrogen and oxygen atoms in total. The van der Waals surface area contributed by atoms with Crippen molar-refractivity contribution in [2.45, 2.75) is 33.0 Å². The molecule has 0 heterocycles. The number of carbonyl (C=O) groups excluding carboxylic acids is 1. The molecule has 0 N–H and O–H groups in total. The zero-order chi connectivity index (χ0) is 14.3. The van der Waals surface area contributed by atoms with Crippen molar-refractivity contribution < 1.29 is 14.3 Å². The van der Waals surface area contributed by atoms with E-state index in [-0.39, 0.29) is 12.7 Å². The summed E-state index contributed by atoms with van der Waals surface area (Å²) < 4.78 is 10.8. The lowest BCUT2D eigenvalue weighted by atomic mass is 10.2. The average molecular weight is 264 g/mol. The molecule has 1 aromatic rings. The Labute approximate surface area is 116 Å². The van der Waals surface area contributed by atoms with Crippen LogP contribution in [0.25, 0.3) is 0 Å². The minimum atomic E-state index is -0.0959. The monoisotopic (exact) mass is 264 g/mol. The third-order valence-corrected chi connectivity index (χ3v) is 2.24. The molecule has 0 saturated carbocycles. The van der Waals surface area contributed by atoms with Gasteiger partial charge in [-0.1, -0.05) is 50.3 Å². The Morgan fingerprint density at radius 3 is 2.53 bits per heavy atom. The molecule has 1 rings (SSSR count). The highest BCUT2D eigenvalue weighted by Crippen LogP contribution is 2.04. The molecular formula is C16H24O3. The highest BCUT2D eigenvalue weighted by Gasteiger charge is 2.07. The summed E-state index contributed by atoms with van der Waals surface area (Å²) in [7, 11) is 0. The van der Waals surface area contributed by atoms with E-state index in [0.29, 0.717) is 19.6 Å². The lowest BCUT2D eigenvalue weighted by molar-refractivity contribution is -0.115. The van der Waals surface area contributed by atoms with Crippen LogP contribution in [0.3, 0.4) is 0 Å². The first-order chi connectivity index (χ1) is 9.36. The predicted octanol–water partition coefficient (Wildman–Crippen LogP) is 3.39. The summed E-state index contributed by atoms with van der Waals surface area (Å²) in [6.45, 7) is 8.78. The van der Waals surface area contributed by atoms with Gasteiger partial charge in [0.15, 0.2) is 0 Å². The zero-order valence-electron chi connectivity index (χ0n) is 11.9. The highest BCUT2D eigenvalue weighted by atomic mass is 16.5. The minimum Gasteiger partial charge on any atom is -0.374 e. The number of benzene rings is 1. The van der Waals surface area contributed by atoms with Gasteiger partial charge in [0, 0.05) is 0 Å². The van der Waals surface area contributed by atoms with Gasteiger partial charge in [-0.15, -0.1) is 6.58 Å². The van der Waals surface area contributed by atoms with Gasteiger partial charge in [0.05, 0.1) is 19.3 Å². The van der Waals surface area contributed by atoms with Crippen LogP contribution in [0, 0.1) is 0 Å². The molecule has 3 heteroatoms. The Bertz CT molecular complexity index is 322. The maximum atomic E-state index is 10.2. The van der Waals surface area contributed by atoms with Crippen LogP contribution in [-0.2, 0) is 20.9 Å². The summed E-state index contributed by atoms with van der Waals surface area (Å²) in [4.78, 5) is 10.2. The maximum Gasteiger partial charge on any atom is 0.145 e. The smallest absolute Gasteiger partial charge is 0.145 e. The summed E-state index contributed by atoms with van der Waals surface area (Å²) in [5.74, 6) is 0. The number of rotatable bonds is 9. The Balaban J connectivity index is 0.00000154. The Hall–Kier alpha value is -1.45. The van der Waals surface area contributed by atoms with Gasteiger partial charge in [0.25, 0.3) is 0 Å². The second-order valence-corrected chi connectivity index (χ2v) is 3.65. The first kappa shape index (κ1) is 17.6. The van der Waals surface area contributed by atoms with Crippen molar-refractivity contribution >= 4 is 6.29 Å². The second kappa shape index (κ2) is 13.0. The van der Waals surface area contributed by atoms with Crippen LogP contribution in [0.4, 0.5) is 0 Å². The van der Waals surface area contributed by atoms with Crippen LogP contribution in [0.2, 0.25) is 0 Å². The van der Waals surface area contributed by atoms with Gasteiger partial charge < -0.3 is 14.3 Å². The summed E-state index contributed by atoms with van der Waals surface area (Å²) in [6.07, 6.45) is 3.10. The van der Waals surface area contributed by atoms with Crippen LogP contribution < -0.4 is 0 Å². The van der Waals surface area contributed by atoms with E-state index in [1.54, 1.807) is 6.08 Å².